The largest absolute Gasteiger partial charge is 0.322 e. The number of imidazole rings is 1. The van der Waals surface area contributed by atoms with Gasteiger partial charge in [-0.15, -0.1) is 0 Å². The summed E-state index contributed by atoms with van der Waals surface area (Å²) >= 11 is 0. The van der Waals surface area contributed by atoms with Crippen LogP contribution >= 0.6 is 0 Å². The Labute approximate surface area is 150 Å². The van der Waals surface area contributed by atoms with E-state index in [0.717, 1.165) is 11.3 Å². The van der Waals surface area contributed by atoms with Crippen LogP contribution in [0, 0.1) is 11.3 Å². The first-order chi connectivity index (χ1) is 12.7. The summed E-state index contributed by atoms with van der Waals surface area (Å²) in [5, 5.41) is 11.7. The van der Waals surface area contributed by atoms with Crippen LogP contribution in [0.25, 0.3) is 16.9 Å². The summed E-state index contributed by atoms with van der Waals surface area (Å²) in [6.07, 6.45) is 3.76. The van der Waals surface area contributed by atoms with E-state index in [2.05, 4.69) is 16.4 Å². The fourth-order valence-corrected chi connectivity index (χ4v) is 2.70. The Hall–Kier alpha value is -3.91. The summed E-state index contributed by atoms with van der Waals surface area (Å²) in [6.45, 7) is 0. The molecular weight excluding hydrogens is 324 g/mol. The zero-order valence-corrected chi connectivity index (χ0v) is 13.8. The lowest BCUT2D eigenvalue weighted by atomic mass is 10.2. The van der Waals surface area contributed by atoms with Gasteiger partial charge in [-0.3, -0.25) is 4.79 Å². The summed E-state index contributed by atoms with van der Waals surface area (Å²) in [7, 11) is 0. The van der Waals surface area contributed by atoms with Crippen molar-refractivity contribution in [3.63, 3.8) is 0 Å². The standard InChI is InChI=1S/C21H14N4O/c22-13-15-6-8-18(9-7-15)23-21(26)17-10-11-25-14-19(24-20(25)12-17)16-4-2-1-3-5-16/h1-12,14H,(H,23,26). The number of pyridine rings is 1. The molecule has 0 spiro atoms. The van der Waals surface area contributed by atoms with Gasteiger partial charge in [-0.25, -0.2) is 4.98 Å². The molecule has 2 aromatic carbocycles. The predicted molar refractivity (Wildman–Crippen MR) is 99.7 cm³/mol. The SMILES string of the molecule is N#Cc1ccc(NC(=O)c2ccn3cc(-c4ccccc4)nc3c2)cc1. The van der Waals surface area contributed by atoms with Gasteiger partial charge in [0.05, 0.1) is 17.3 Å². The van der Waals surface area contributed by atoms with Crippen LogP contribution in [0.15, 0.2) is 79.1 Å². The number of rotatable bonds is 3. The molecule has 4 aromatic rings. The van der Waals surface area contributed by atoms with Crippen LogP contribution < -0.4 is 5.32 Å². The molecule has 0 radical (unpaired) electrons. The van der Waals surface area contributed by atoms with Crippen LogP contribution in [-0.2, 0) is 0 Å². The van der Waals surface area contributed by atoms with Gasteiger partial charge < -0.3 is 9.72 Å². The molecule has 1 amide bonds. The van der Waals surface area contributed by atoms with E-state index in [-0.39, 0.29) is 5.91 Å². The monoisotopic (exact) mass is 338 g/mol. The molecule has 0 aliphatic carbocycles. The number of nitrogens with zero attached hydrogens (tertiary/aromatic N) is 3. The summed E-state index contributed by atoms with van der Waals surface area (Å²) in [5.41, 5.74) is 4.30. The van der Waals surface area contributed by atoms with E-state index < -0.39 is 0 Å². The number of fused-ring (bicyclic) bond motifs is 1. The minimum Gasteiger partial charge on any atom is -0.322 e. The van der Waals surface area contributed by atoms with Crippen molar-refractivity contribution < 1.29 is 4.79 Å². The Balaban J connectivity index is 1.60. The van der Waals surface area contributed by atoms with Crippen molar-refractivity contribution in [1.82, 2.24) is 9.38 Å². The fraction of sp³-hybridized carbons (Fsp3) is 0. The van der Waals surface area contributed by atoms with Gasteiger partial charge in [0.15, 0.2) is 0 Å². The van der Waals surface area contributed by atoms with Crippen molar-refractivity contribution >= 4 is 17.2 Å². The number of amides is 1. The number of hydrogen-bond acceptors (Lipinski definition) is 3. The Morgan fingerprint density at radius 1 is 1.04 bits per heavy atom. The van der Waals surface area contributed by atoms with Gasteiger partial charge in [0.25, 0.3) is 5.91 Å². The van der Waals surface area contributed by atoms with Crippen molar-refractivity contribution in [3.8, 4) is 17.3 Å². The van der Waals surface area contributed by atoms with Crippen LogP contribution in [-0.4, -0.2) is 15.3 Å². The van der Waals surface area contributed by atoms with E-state index in [0.29, 0.717) is 22.5 Å². The highest BCUT2D eigenvalue weighted by Crippen LogP contribution is 2.19. The molecule has 124 valence electrons. The zero-order valence-electron chi connectivity index (χ0n) is 13.8. The van der Waals surface area contributed by atoms with Crippen molar-refractivity contribution in [2.75, 3.05) is 5.32 Å². The molecule has 2 aromatic heterocycles. The van der Waals surface area contributed by atoms with Crippen molar-refractivity contribution in [2.45, 2.75) is 0 Å². The van der Waals surface area contributed by atoms with Crippen LogP contribution in [0.2, 0.25) is 0 Å². The van der Waals surface area contributed by atoms with Gasteiger partial charge in [-0.05, 0) is 36.4 Å². The number of carbonyl (C=O) groups excluding carboxylic acids is 1. The molecule has 0 atom stereocenters. The zero-order chi connectivity index (χ0) is 17.9. The maximum atomic E-state index is 12.5. The summed E-state index contributed by atoms with van der Waals surface area (Å²) in [6, 6.07) is 22.2. The number of nitriles is 1. The van der Waals surface area contributed by atoms with Crippen molar-refractivity contribution in [2.24, 2.45) is 0 Å². The molecule has 1 N–H and O–H groups in total. The minimum absolute atomic E-state index is 0.221. The third-order valence-electron chi connectivity index (χ3n) is 4.06. The fourth-order valence-electron chi connectivity index (χ4n) is 2.70. The molecule has 4 rings (SSSR count). The molecule has 26 heavy (non-hydrogen) atoms. The molecule has 5 heteroatoms. The molecule has 0 aliphatic heterocycles. The molecule has 0 saturated heterocycles. The second kappa shape index (κ2) is 6.54. The summed E-state index contributed by atoms with van der Waals surface area (Å²) in [4.78, 5) is 17.1. The highest BCUT2D eigenvalue weighted by molar-refractivity contribution is 6.04. The summed E-state index contributed by atoms with van der Waals surface area (Å²) < 4.78 is 1.89. The lowest BCUT2D eigenvalue weighted by molar-refractivity contribution is 0.102. The second-order valence-corrected chi connectivity index (χ2v) is 5.82. The Bertz CT molecular complexity index is 1120. The molecule has 5 nitrogen and oxygen atoms in total. The Morgan fingerprint density at radius 2 is 1.81 bits per heavy atom. The maximum Gasteiger partial charge on any atom is 0.255 e. The average molecular weight is 338 g/mol. The number of anilines is 1. The van der Waals surface area contributed by atoms with Crippen molar-refractivity contribution in [3.05, 3.63) is 90.3 Å². The van der Waals surface area contributed by atoms with E-state index in [1.54, 1.807) is 36.4 Å². The van der Waals surface area contributed by atoms with E-state index in [9.17, 15) is 4.79 Å². The Kier molecular flexibility index (Phi) is 3.92. The lowest BCUT2D eigenvalue weighted by Crippen LogP contribution is -2.12. The second-order valence-electron chi connectivity index (χ2n) is 5.82. The van der Waals surface area contributed by atoms with Gasteiger partial charge in [-0.1, -0.05) is 30.3 Å². The number of benzene rings is 2. The van der Waals surface area contributed by atoms with Gasteiger partial charge in [0.2, 0.25) is 0 Å². The van der Waals surface area contributed by atoms with E-state index in [4.69, 9.17) is 5.26 Å². The first kappa shape index (κ1) is 15.6. The predicted octanol–water partition coefficient (Wildman–Crippen LogP) is 4.13. The first-order valence-electron chi connectivity index (χ1n) is 8.09. The van der Waals surface area contributed by atoms with Crippen molar-refractivity contribution in [1.29, 1.82) is 5.26 Å². The average Bonchev–Trinajstić information content (AvgIpc) is 3.12. The van der Waals surface area contributed by atoms with E-state index in [1.165, 1.54) is 0 Å². The van der Waals surface area contributed by atoms with E-state index >= 15 is 0 Å². The van der Waals surface area contributed by atoms with Gasteiger partial charge in [0, 0.05) is 29.2 Å². The topological polar surface area (TPSA) is 70.2 Å². The minimum atomic E-state index is -0.221. The maximum absolute atomic E-state index is 12.5. The lowest BCUT2D eigenvalue weighted by Gasteiger charge is -2.05. The third-order valence-corrected chi connectivity index (χ3v) is 4.06. The third kappa shape index (κ3) is 3.04. The molecular formula is C21H14N4O. The van der Waals surface area contributed by atoms with Gasteiger partial charge in [0.1, 0.15) is 5.65 Å². The normalized spacial score (nSPS) is 10.4. The molecule has 2 heterocycles. The van der Waals surface area contributed by atoms with Crippen LogP contribution in [0.5, 0.6) is 0 Å². The molecule has 0 fully saturated rings. The molecule has 0 bridgehead atoms. The van der Waals surface area contributed by atoms with E-state index in [1.807, 2.05) is 47.1 Å². The van der Waals surface area contributed by atoms with Crippen LogP contribution in [0.4, 0.5) is 5.69 Å². The highest BCUT2D eigenvalue weighted by atomic mass is 16.1. The Morgan fingerprint density at radius 3 is 2.54 bits per heavy atom. The van der Waals surface area contributed by atoms with Gasteiger partial charge in [-0.2, -0.15) is 5.26 Å². The molecule has 0 unspecified atom stereocenters. The first-order valence-corrected chi connectivity index (χ1v) is 8.09. The summed E-state index contributed by atoms with van der Waals surface area (Å²) in [5.74, 6) is -0.221. The molecule has 0 aliphatic rings. The van der Waals surface area contributed by atoms with Crippen LogP contribution in [0.3, 0.4) is 0 Å². The number of hydrogen-bond donors (Lipinski definition) is 1. The number of carbonyl (C=O) groups is 1. The molecule has 0 saturated carbocycles. The highest BCUT2D eigenvalue weighted by Gasteiger charge is 2.10. The van der Waals surface area contributed by atoms with Crippen LogP contribution in [0.1, 0.15) is 15.9 Å². The van der Waals surface area contributed by atoms with Gasteiger partial charge >= 0.3 is 0 Å². The number of nitrogens with one attached hydrogen (secondary N) is 1. The quantitative estimate of drug-likeness (QED) is 0.611. The number of aromatic nitrogens is 2. The smallest absolute Gasteiger partial charge is 0.255 e.